The number of aliphatic hydroxyl groups excluding tert-OH is 1. The molecule has 0 amide bonds. The van der Waals surface area contributed by atoms with Crippen molar-refractivity contribution < 1.29 is 19.4 Å². The van der Waals surface area contributed by atoms with Crippen molar-refractivity contribution in [1.82, 2.24) is 4.98 Å². The Hall–Kier alpha value is -3.12. The number of aliphatic hydroxyl groups is 1. The van der Waals surface area contributed by atoms with E-state index in [9.17, 15) is 4.79 Å². The molecule has 0 bridgehead atoms. The van der Waals surface area contributed by atoms with E-state index in [1.165, 1.54) is 0 Å². The Bertz CT molecular complexity index is 1140. The van der Waals surface area contributed by atoms with Gasteiger partial charge in [-0.05, 0) is 30.5 Å². The molecule has 1 aliphatic carbocycles. The molecule has 1 heterocycles. The Morgan fingerprint density at radius 3 is 2.73 bits per heavy atom. The van der Waals surface area contributed by atoms with Gasteiger partial charge >= 0.3 is 0 Å². The second-order valence-electron chi connectivity index (χ2n) is 8.02. The number of methoxy groups -OCH3 is 1. The number of aliphatic imine (C=N–C) groups is 1. The first-order valence-corrected chi connectivity index (χ1v) is 10.0. The fourth-order valence-electron chi connectivity index (χ4n) is 4.27. The van der Waals surface area contributed by atoms with Crippen LogP contribution in [0.25, 0.3) is 10.9 Å². The van der Waals surface area contributed by atoms with Gasteiger partial charge in [0.15, 0.2) is 5.78 Å². The maximum atomic E-state index is 13.5. The standard InChI is InChI=1S/C24H26N2O4/c1-24(2)18-12-15(29-4)7-9-16(18)21(28)19-17-8-6-14(13-25-3)22(30-11-5-10-27)20(17)26-23(19)24/h6-9,12,26-27H,3,5,10-11,13H2,1-2,4H3. The molecule has 4 rings (SSSR count). The summed E-state index contributed by atoms with van der Waals surface area (Å²) >= 11 is 0. The number of nitrogens with one attached hydrogen (secondary N) is 1. The normalized spacial score (nSPS) is 14.3. The van der Waals surface area contributed by atoms with Crippen molar-refractivity contribution in [1.29, 1.82) is 0 Å². The molecule has 1 aromatic heterocycles. The van der Waals surface area contributed by atoms with Crippen molar-refractivity contribution in [3.63, 3.8) is 0 Å². The molecule has 0 atom stereocenters. The molecule has 0 fully saturated rings. The molecule has 0 aliphatic heterocycles. The number of nitrogens with zero attached hydrogens (tertiary/aromatic N) is 1. The van der Waals surface area contributed by atoms with Crippen LogP contribution in [0.3, 0.4) is 0 Å². The maximum absolute atomic E-state index is 13.5. The van der Waals surface area contributed by atoms with Gasteiger partial charge in [-0.2, -0.15) is 0 Å². The molecule has 0 spiro atoms. The summed E-state index contributed by atoms with van der Waals surface area (Å²) in [5.41, 5.74) is 4.40. The van der Waals surface area contributed by atoms with Gasteiger partial charge in [-0.15, -0.1) is 0 Å². The third-order valence-corrected chi connectivity index (χ3v) is 5.84. The Morgan fingerprint density at radius 2 is 2.03 bits per heavy atom. The Labute approximate surface area is 175 Å². The summed E-state index contributed by atoms with van der Waals surface area (Å²) in [6, 6.07) is 9.49. The van der Waals surface area contributed by atoms with E-state index in [1.54, 1.807) is 7.11 Å². The van der Waals surface area contributed by atoms with E-state index in [-0.39, 0.29) is 12.4 Å². The highest BCUT2D eigenvalue weighted by atomic mass is 16.5. The van der Waals surface area contributed by atoms with Gasteiger partial charge in [-0.3, -0.25) is 9.79 Å². The number of benzene rings is 2. The molecule has 0 saturated heterocycles. The van der Waals surface area contributed by atoms with Crippen LogP contribution in [0.15, 0.2) is 35.3 Å². The maximum Gasteiger partial charge on any atom is 0.195 e. The highest BCUT2D eigenvalue weighted by molar-refractivity contribution is 6.20. The lowest BCUT2D eigenvalue weighted by Gasteiger charge is -2.32. The molecule has 6 nitrogen and oxygen atoms in total. The van der Waals surface area contributed by atoms with Crippen molar-refractivity contribution in [2.75, 3.05) is 20.3 Å². The highest BCUT2D eigenvalue weighted by Gasteiger charge is 2.40. The minimum atomic E-state index is -0.425. The number of carbonyl (C=O) groups is 1. The van der Waals surface area contributed by atoms with Crippen molar-refractivity contribution in [3.8, 4) is 11.5 Å². The summed E-state index contributed by atoms with van der Waals surface area (Å²) in [6.07, 6.45) is 0.521. The van der Waals surface area contributed by atoms with Crippen LogP contribution in [0.1, 0.15) is 53.0 Å². The number of rotatable bonds is 7. The topological polar surface area (TPSA) is 83.9 Å². The number of ether oxygens (including phenoxy) is 2. The van der Waals surface area contributed by atoms with Gasteiger partial charge in [0.25, 0.3) is 0 Å². The van der Waals surface area contributed by atoms with Gasteiger partial charge < -0.3 is 19.6 Å². The molecule has 156 valence electrons. The summed E-state index contributed by atoms with van der Waals surface area (Å²) in [5.74, 6) is 1.37. The summed E-state index contributed by atoms with van der Waals surface area (Å²) in [7, 11) is 1.62. The number of fused-ring (bicyclic) bond motifs is 4. The van der Waals surface area contributed by atoms with Crippen molar-refractivity contribution in [2.45, 2.75) is 32.2 Å². The molecule has 0 unspecified atom stereocenters. The number of aromatic amines is 1. The Morgan fingerprint density at radius 1 is 1.23 bits per heavy atom. The first-order valence-electron chi connectivity index (χ1n) is 10.0. The van der Waals surface area contributed by atoms with Crippen molar-refractivity contribution in [2.24, 2.45) is 4.99 Å². The van der Waals surface area contributed by atoms with Crippen LogP contribution in [0.5, 0.6) is 11.5 Å². The fraction of sp³-hybridized carbons (Fsp3) is 0.333. The summed E-state index contributed by atoms with van der Waals surface area (Å²) < 4.78 is 11.4. The van der Waals surface area contributed by atoms with Gasteiger partial charge in [-0.25, -0.2) is 0 Å². The quantitative estimate of drug-likeness (QED) is 0.459. The van der Waals surface area contributed by atoms with Crippen LogP contribution < -0.4 is 9.47 Å². The number of ketones is 1. The zero-order valence-electron chi connectivity index (χ0n) is 17.5. The second kappa shape index (κ2) is 7.61. The van der Waals surface area contributed by atoms with E-state index in [2.05, 4.69) is 30.5 Å². The lowest BCUT2D eigenvalue weighted by molar-refractivity contribution is 0.103. The molecular weight excluding hydrogens is 380 g/mol. The first kappa shape index (κ1) is 20.2. The molecule has 0 saturated carbocycles. The fourth-order valence-corrected chi connectivity index (χ4v) is 4.27. The molecule has 2 aromatic carbocycles. The van der Waals surface area contributed by atoms with Gasteiger partial charge in [0.1, 0.15) is 11.5 Å². The van der Waals surface area contributed by atoms with Crippen LogP contribution in [-0.2, 0) is 12.0 Å². The average molecular weight is 406 g/mol. The smallest absolute Gasteiger partial charge is 0.195 e. The molecular formula is C24H26N2O4. The minimum Gasteiger partial charge on any atom is -0.497 e. The van der Waals surface area contributed by atoms with Gasteiger partial charge in [0.05, 0.1) is 31.3 Å². The first-order chi connectivity index (χ1) is 14.4. The van der Waals surface area contributed by atoms with Crippen molar-refractivity contribution in [3.05, 3.63) is 58.3 Å². The average Bonchev–Trinajstić information content (AvgIpc) is 3.14. The number of carbonyl (C=O) groups excluding carboxylic acids is 1. The number of H-pyrrole nitrogens is 1. The Balaban J connectivity index is 1.95. The van der Waals surface area contributed by atoms with E-state index in [0.29, 0.717) is 36.4 Å². The SMILES string of the molecule is C=NCc1ccc2c3c([nH]c2c1OCCCO)C(C)(C)c1cc(OC)ccc1C3=O. The molecule has 2 N–H and O–H groups in total. The monoisotopic (exact) mass is 406 g/mol. The van der Waals surface area contributed by atoms with Crippen LogP contribution in [-0.4, -0.2) is 42.9 Å². The van der Waals surface area contributed by atoms with E-state index >= 15 is 0 Å². The van der Waals surface area contributed by atoms with E-state index < -0.39 is 5.41 Å². The summed E-state index contributed by atoms with van der Waals surface area (Å²) in [6.45, 7) is 8.63. The van der Waals surface area contributed by atoms with Gasteiger partial charge in [0, 0.05) is 40.6 Å². The van der Waals surface area contributed by atoms with E-state index in [4.69, 9.17) is 14.6 Å². The number of aromatic nitrogens is 1. The zero-order valence-corrected chi connectivity index (χ0v) is 17.5. The van der Waals surface area contributed by atoms with E-state index in [0.717, 1.165) is 33.5 Å². The molecule has 30 heavy (non-hydrogen) atoms. The molecule has 1 aliphatic rings. The highest BCUT2D eigenvalue weighted by Crippen LogP contribution is 2.46. The minimum absolute atomic E-state index is 0.0101. The van der Waals surface area contributed by atoms with E-state index in [1.807, 2.05) is 30.3 Å². The summed E-state index contributed by atoms with van der Waals surface area (Å²) in [5, 5.41) is 9.97. The van der Waals surface area contributed by atoms with Crippen LogP contribution in [0.2, 0.25) is 0 Å². The number of hydrogen-bond donors (Lipinski definition) is 2. The van der Waals surface area contributed by atoms with Gasteiger partial charge in [0.2, 0.25) is 0 Å². The molecule has 0 radical (unpaired) electrons. The van der Waals surface area contributed by atoms with Gasteiger partial charge in [-0.1, -0.05) is 26.0 Å². The largest absolute Gasteiger partial charge is 0.497 e. The second-order valence-corrected chi connectivity index (χ2v) is 8.02. The van der Waals surface area contributed by atoms with Crippen LogP contribution in [0, 0.1) is 0 Å². The molecule has 3 aromatic rings. The lowest BCUT2D eigenvalue weighted by atomic mass is 9.71. The van der Waals surface area contributed by atoms with Crippen molar-refractivity contribution >= 4 is 23.4 Å². The lowest BCUT2D eigenvalue weighted by Crippen LogP contribution is -2.30. The summed E-state index contributed by atoms with van der Waals surface area (Å²) in [4.78, 5) is 21.0. The van der Waals surface area contributed by atoms with Crippen LogP contribution in [0.4, 0.5) is 0 Å². The predicted octanol–water partition coefficient (Wildman–Crippen LogP) is 4.01. The number of hydrogen-bond acceptors (Lipinski definition) is 5. The third-order valence-electron chi connectivity index (χ3n) is 5.84. The predicted molar refractivity (Wildman–Crippen MR) is 117 cm³/mol. The third kappa shape index (κ3) is 2.99. The van der Waals surface area contributed by atoms with Crippen LogP contribution >= 0.6 is 0 Å². The Kier molecular flexibility index (Phi) is 5.12. The zero-order chi connectivity index (χ0) is 21.5. The molecule has 6 heteroatoms.